The molecule has 1 aliphatic heterocycles. The van der Waals surface area contributed by atoms with Crippen LogP contribution in [0.4, 0.5) is 0 Å². The number of aromatic nitrogens is 2. The lowest BCUT2D eigenvalue weighted by Crippen LogP contribution is -2.14. The molecule has 0 radical (unpaired) electrons. The number of rotatable bonds is 7. The van der Waals surface area contributed by atoms with Crippen LogP contribution in [0.25, 0.3) is 22.2 Å². The lowest BCUT2D eigenvalue weighted by Gasteiger charge is -2.14. The van der Waals surface area contributed by atoms with E-state index in [1.54, 1.807) is 0 Å². The summed E-state index contributed by atoms with van der Waals surface area (Å²) in [6.07, 6.45) is 7.13. The van der Waals surface area contributed by atoms with Gasteiger partial charge in [-0.15, -0.1) is 0 Å². The summed E-state index contributed by atoms with van der Waals surface area (Å²) in [7, 11) is 0. The summed E-state index contributed by atoms with van der Waals surface area (Å²) in [6, 6.07) is 14.2. The molecule has 5 heteroatoms. The van der Waals surface area contributed by atoms with E-state index in [-0.39, 0.29) is 0 Å². The van der Waals surface area contributed by atoms with Crippen LogP contribution in [0.1, 0.15) is 31.2 Å². The van der Waals surface area contributed by atoms with Crippen molar-refractivity contribution in [3.8, 4) is 23.1 Å². The smallest absolute Gasteiger partial charge is 0.222 e. The van der Waals surface area contributed by atoms with Crippen LogP contribution in [0.3, 0.4) is 0 Å². The van der Waals surface area contributed by atoms with E-state index in [0.717, 1.165) is 54.1 Å². The molecule has 148 valence electrons. The molecule has 1 aliphatic carbocycles. The number of nitrogens with zero attached hydrogens (tertiary/aromatic N) is 3. The molecule has 3 aromatic rings. The maximum absolute atomic E-state index is 9.12. The van der Waals surface area contributed by atoms with Gasteiger partial charge < -0.3 is 14.6 Å². The third-order valence-corrected chi connectivity index (χ3v) is 6.12. The van der Waals surface area contributed by atoms with Crippen LogP contribution in [0, 0.1) is 23.2 Å². The molecule has 1 N–H and O–H groups in total. The molecule has 0 bridgehead atoms. The number of nitrogens with one attached hydrogen (secondary N) is 1. The molecule has 2 aromatic heterocycles. The van der Waals surface area contributed by atoms with Crippen molar-refractivity contribution in [2.24, 2.45) is 11.8 Å². The van der Waals surface area contributed by atoms with Crippen LogP contribution in [-0.2, 0) is 6.54 Å². The maximum atomic E-state index is 9.12. The highest BCUT2D eigenvalue weighted by molar-refractivity contribution is 5.84. The summed E-state index contributed by atoms with van der Waals surface area (Å²) in [5, 5.41) is 12.6. The van der Waals surface area contributed by atoms with Crippen LogP contribution in [0.5, 0.6) is 5.88 Å². The van der Waals surface area contributed by atoms with Crippen LogP contribution in [0.2, 0.25) is 0 Å². The Labute approximate surface area is 171 Å². The van der Waals surface area contributed by atoms with Gasteiger partial charge in [-0.25, -0.2) is 4.98 Å². The van der Waals surface area contributed by atoms with Gasteiger partial charge in [-0.1, -0.05) is 25.0 Å². The molecule has 1 saturated carbocycles. The van der Waals surface area contributed by atoms with Crippen molar-refractivity contribution in [3.05, 3.63) is 48.2 Å². The Morgan fingerprint density at radius 2 is 2.00 bits per heavy atom. The first kappa shape index (κ1) is 18.2. The van der Waals surface area contributed by atoms with Gasteiger partial charge >= 0.3 is 0 Å². The number of ether oxygens (including phenoxy) is 1. The molecule has 5 rings (SSSR count). The summed E-state index contributed by atoms with van der Waals surface area (Å²) < 4.78 is 8.47. The number of benzene rings is 1. The van der Waals surface area contributed by atoms with Gasteiger partial charge in [-0.05, 0) is 67.6 Å². The summed E-state index contributed by atoms with van der Waals surface area (Å²) >= 11 is 0. The molecule has 2 fully saturated rings. The molecule has 3 heterocycles. The highest BCUT2D eigenvalue weighted by Gasteiger charge is 2.22. The highest BCUT2D eigenvalue weighted by Crippen LogP contribution is 2.35. The Bertz CT molecular complexity index is 1040. The fourth-order valence-corrected chi connectivity index (χ4v) is 4.17. The van der Waals surface area contributed by atoms with Crippen molar-refractivity contribution in [1.29, 1.82) is 5.26 Å². The third-order valence-electron chi connectivity index (χ3n) is 6.12. The number of nitriles is 1. The summed E-state index contributed by atoms with van der Waals surface area (Å²) in [5.41, 5.74) is 4.83. The molecule has 0 amide bonds. The van der Waals surface area contributed by atoms with Crippen LogP contribution in [0.15, 0.2) is 42.6 Å². The zero-order valence-electron chi connectivity index (χ0n) is 16.6. The topological polar surface area (TPSA) is 62.9 Å². The Balaban J connectivity index is 1.50. The first-order chi connectivity index (χ1) is 14.3. The Morgan fingerprint density at radius 3 is 2.72 bits per heavy atom. The molecule has 5 nitrogen and oxygen atoms in total. The Hall–Kier alpha value is -2.84. The van der Waals surface area contributed by atoms with Crippen LogP contribution >= 0.6 is 0 Å². The van der Waals surface area contributed by atoms with E-state index in [1.807, 2.05) is 24.3 Å². The molecular formula is C24H26N4O. The number of pyridine rings is 1. The fourth-order valence-electron chi connectivity index (χ4n) is 4.17. The molecule has 1 saturated heterocycles. The molecular weight excluding hydrogens is 360 g/mol. The van der Waals surface area contributed by atoms with Gasteiger partial charge in [0.15, 0.2) is 0 Å². The first-order valence-corrected chi connectivity index (χ1v) is 10.6. The van der Waals surface area contributed by atoms with Crippen molar-refractivity contribution in [1.82, 2.24) is 14.9 Å². The van der Waals surface area contributed by atoms with E-state index in [9.17, 15) is 0 Å². The average molecular weight is 386 g/mol. The highest BCUT2D eigenvalue weighted by atomic mass is 16.5. The minimum atomic E-state index is 0.663. The van der Waals surface area contributed by atoms with Gasteiger partial charge in [-0.3, -0.25) is 0 Å². The second kappa shape index (κ2) is 7.88. The van der Waals surface area contributed by atoms with Gasteiger partial charge in [0, 0.05) is 18.3 Å². The predicted molar refractivity (Wildman–Crippen MR) is 114 cm³/mol. The fraction of sp³-hybridized carbons (Fsp3) is 0.417. The van der Waals surface area contributed by atoms with E-state index < -0.39 is 0 Å². The summed E-state index contributed by atoms with van der Waals surface area (Å²) in [4.78, 5) is 4.88. The molecule has 2 aliphatic rings. The molecule has 1 aromatic carbocycles. The lowest BCUT2D eigenvalue weighted by atomic mass is 10.0. The number of hydrogen-bond acceptors (Lipinski definition) is 4. The van der Waals surface area contributed by atoms with E-state index in [0.29, 0.717) is 24.0 Å². The average Bonchev–Trinajstić information content (AvgIpc) is 3.28. The molecule has 1 atom stereocenters. The minimum Gasteiger partial charge on any atom is -0.477 e. The lowest BCUT2D eigenvalue weighted by molar-refractivity contribution is 0.293. The van der Waals surface area contributed by atoms with Gasteiger partial charge in [0.2, 0.25) is 5.88 Å². The van der Waals surface area contributed by atoms with E-state index in [1.165, 1.54) is 19.3 Å². The van der Waals surface area contributed by atoms with E-state index in [2.05, 4.69) is 34.3 Å². The maximum Gasteiger partial charge on any atom is 0.222 e. The molecule has 0 spiro atoms. The van der Waals surface area contributed by atoms with Gasteiger partial charge in [0.1, 0.15) is 0 Å². The number of hydrogen-bond donors (Lipinski definition) is 1. The van der Waals surface area contributed by atoms with Crippen molar-refractivity contribution in [2.75, 3.05) is 19.7 Å². The third kappa shape index (κ3) is 3.99. The summed E-state index contributed by atoms with van der Waals surface area (Å²) in [5.74, 6) is 2.19. The zero-order valence-corrected chi connectivity index (χ0v) is 16.6. The van der Waals surface area contributed by atoms with Crippen molar-refractivity contribution >= 4 is 11.0 Å². The summed E-state index contributed by atoms with van der Waals surface area (Å²) in [6.45, 7) is 3.91. The van der Waals surface area contributed by atoms with E-state index >= 15 is 0 Å². The quantitative estimate of drug-likeness (QED) is 0.655. The standard InChI is InChI=1S/C24H26N4O/c25-14-18-3-5-20(6-4-18)21-13-23-22(27-24(21)29-12-9-17-1-2-17)8-11-28(23)16-19-7-10-26-15-19/h3-6,8,11,13,17,19,26H,1-2,7,9-10,12,15-16H2. The van der Waals surface area contributed by atoms with Gasteiger partial charge in [0.05, 0.1) is 29.3 Å². The molecule has 29 heavy (non-hydrogen) atoms. The Kier molecular flexibility index (Phi) is 4.95. The SMILES string of the molecule is N#Cc1ccc(-c2cc3c(ccn3CC3CCNC3)nc2OCCC2CC2)cc1. The van der Waals surface area contributed by atoms with Crippen molar-refractivity contribution in [2.45, 2.75) is 32.2 Å². The largest absolute Gasteiger partial charge is 0.477 e. The molecule has 1 unspecified atom stereocenters. The van der Waals surface area contributed by atoms with Gasteiger partial charge in [-0.2, -0.15) is 5.26 Å². The second-order valence-electron chi connectivity index (χ2n) is 8.34. The monoisotopic (exact) mass is 386 g/mol. The van der Waals surface area contributed by atoms with Crippen molar-refractivity contribution in [3.63, 3.8) is 0 Å². The second-order valence-corrected chi connectivity index (χ2v) is 8.34. The predicted octanol–water partition coefficient (Wildman–Crippen LogP) is 4.36. The van der Waals surface area contributed by atoms with Crippen molar-refractivity contribution < 1.29 is 4.74 Å². The van der Waals surface area contributed by atoms with Gasteiger partial charge in [0.25, 0.3) is 0 Å². The van der Waals surface area contributed by atoms with Crippen LogP contribution in [-0.4, -0.2) is 29.2 Å². The normalized spacial score (nSPS) is 18.8. The number of fused-ring (bicyclic) bond motifs is 1. The minimum absolute atomic E-state index is 0.663. The Morgan fingerprint density at radius 1 is 1.14 bits per heavy atom. The van der Waals surface area contributed by atoms with Crippen LogP contribution < -0.4 is 10.1 Å². The zero-order chi connectivity index (χ0) is 19.6. The van der Waals surface area contributed by atoms with E-state index in [4.69, 9.17) is 15.0 Å². The first-order valence-electron chi connectivity index (χ1n) is 10.6.